The van der Waals surface area contributed by atoms with E-state index in [9.17, 15) is 9.90 Å². The average molecular weight is 389 g/mol. The highest BCUT2D eigenvalue weighted by Crippen LogP contribution is 2.19. The molecule has 0 aliphatic carbocycles. The number of nitrogens with zero attached hydrogens (tertiary/aromatic N) is 2. The summed E-state index contributed by atoms with van der Waals surface area (Å²) in [6.45, 7) is 0.721. The van der Waals surface area contributed by atoms with E-state index < -0.39 is 5.78 Å². The number of phenols is 1. The zero-order chi connectivity index (χ0) is 19.4. The van der Waals surface area contributed by atoms with E-state index in [0.29, 0.717) is 5.82 Å². The van der Waals surface area contributed by atoms with Crippen LogP contribution in [0.25, 0.3) is 0 Å². The summed E-state index contributed by atoms with van der Waals surface area (Å²) in [6, 6.07) is 7.44. The molecule has 0 radical (unpaired) electrons. The van der Waals surface area contributed by atoms with E-state index in [1.807, 2.05) is 12.1 Å². The van der Waals surface area contributed by atoms with Crippen LogP contribution in [0.1, 0.15) is 28.9 Å². The number of hydrogen-bond donors (Lipinski definition) is 5. The number of nitrogen functional groups attached to an aromatic ring is 2. The Labute approximate surface area is 161 Å². The molecule has 8 nitrogen and oxygen atoms in total. The maximum absolute atomic E-state index is 12.4. The van der Waals surface area contributed by atoms with Gasteiger partial charge in [-0.3, -0.25) is 4.79 Å². The molecule has 1 saturated heterocycles. The smallest absolute Gasteiger partial charge is 0.211 e. The molecule has 2 heterocycles. The van der Waals surface area contributed by atoms with Gasteiger partial charge in [0.2, 0.25) is 5.78 Å². The molecule has 142 valence electrons. The summed E-state index contributed by atoms with van der Waals surface area (Å²) in [5.41, 5.74) is 12.4. The Hall–Kier alpha value is -3.00. The highest BCUT2D eigenvalue weighted by atomic mass is 35.5. The molecule has 27 heavy (non-hydrogen) atoms. The zero-order valence-electron chi connectivity index (χ0n) is 14.6. The van der Waals surface area contributed by atoms with E-state index in [1.165, 1.54) is 11.6 Å². The molecule has 1 aliphatic heterocycles. The van der Waals surface area contributed by atoms with Crippen LogP contribution in [0.3, 0.4) is 0 Å². The maximum Gasteiger partial charge on any atom is 0.211 e. The summed E-state index contributed by atoms with van der Waals surface area (Å²) in [7, 11) is 0. The second-order valence-electron chi connectivity index (χ2n) is 6.34. The van der Waals surface area contributed by atoms with Crippen molar-refractivity contribution in [1.82, 2.24) is 20.6 Å². The van der Waals surface area contributed by atoms with Gasteiger partial charge in [-0.15, -0.1) is 0 Å². The fraction of sp³-hybridized carbons (Fsp3) is 0.278. The van der Waals surface area contributed by atoms with Crippen LogP contribution in [-0.4, -0.2) is 33.4 Å². The van der Waals surface area contributed by atoms with Gasteiger partial charge in [0.25, 0.3) is 0 Å². The number of nitrogens with two attached hydrogens (primary N) is 2. The van der Waals surface area contributed by atoms with Crippen molar-refractivity contribution in [3.63, 3.8) is 0 Å². The predicted octanol–water partition coefficient (Wildman–Crippen LogP) is 1.61. The number of aromatic hydroxyl groups is 1. The molecular formula is C18H21ClN6O2. The minimum absolute atomic E-state index is 0.0100. The van der Waals surface area contributed by atoms with Crippen molar-refractivity contribution in [3.8, 4) is 5.75 Å². The maximum atomic E-state index is 12.4. The third-order valence-corrected chi connectivity index (χ3v) is 4.54. The molecule has 1 aliphatic rings. The van der Waals surface area contributed by atoms with Crippen molar-refractivity contribution in [2.24, 2.45) is 0 Å². The first-order chi connectivity index (χ1) is 12.9. The van der Waals surface area contributed by atoms with Crippen molar-refractivity contribution in [2.75, 3.05) is 18.0 Å². The molecule has 1 aromatic heterocycles. The Balaban J connectivity index is 1.53. The number of nitrogens with one attached hydrogen (secondary N) is 2. The van der Waals surface area contributed by atoms with Gasteiger partial charge in [-0.1, -0.05) is 23.7 Å². The Morgan fingerprint density at radius 2 is 2.00 bits per heavy atom. The molecule has 0 spiro atoms. The number of allylic oxidation sites excluding steroid dienone is 1. The van der Waals surface area contributed by atoms with Crippen molar-refractivity contribution in [3.05, 3.63) is 52.6 Å². The monoisotopic (exact) mass is 388 g/mol. The van der Waals surface area contributed by atoms with E-state index in [2.05, 4.69) is 20.6 Å². The van der Waals surface area contributed by atoms with Crippen LogP contribution in [0.4, 0.5) is 11.6 Å². The van der Waals surface area contributed by atoms with Crippen LogP contribution in [0, 0.1) is 0 Å². The minimum atomic E-state index is -0.401. The fourth-order valence-electron chi connectivity index (χ4n) is 2.86. The van der Waals surface area contributed by atoms with E-state index in [-0.39, 0.29) is 34.3 Å². The first-order valence-electron chi connectivity index (χ1n) is 8.55. The standard InChI is InChI=1S/C18H21ClN6O2/c19-16-18(21)25-17(20)15(24-16)13(27)8-14-22-9-11(23-14)3-1-2-10-4-6-12(26)7-5-10/h4-8,11,22-23,26H,1-3,9H2,(H4,20,21,25)/b14-8+/t11-/m0/s1. The lowest BCUT2D eigenvalue weighted by molar-refractivity contribution is 0.104. The summed E-state index contributed by atoms with van der Waals surface area (Å²) in [4.78, 5) is 20.1. The molecule has 9 heteroatoms. The number of aryl methyl sites for hydroxylation is 1. The molecule has 0 bridgehead atoms. The number of rotatable bonds is 6. The number of anilines is 2. The van der Waals surface area contributed by atoms with Gasteiger partial charge in [-0.25, -0.2) is 9.97 Å². The van der Waals surface area contributed by atoms with Crippen LogP contribution < -0.4 is 22.1 Å². The fourth-order valence-corrected chi connectivity index (χ4v) is 2.99. The van der Waals surface area contributed by atoms with Crippen LogP contribution in [0.5, 0.6) is 5.75 Å². The number of aromatic nitrogens is 2. The Morgan fingerprint density at radius 3 is 2.74 bits per heavy atom. The van der Waals surface area contributed by atoms with Gasteiger partial charge in [-0.2, -0.15) is 0 Å². The van der Waals surface area contributed by atoms with Crippen molar-refractivity contribution < 1.29 is 9.90 Å². The number of benzene rings is 1. The van der Waals surface area contributed by atoms with Crippen molar-refractivity contribution in [1.29, 1.82) is 0 Å². The van der Waals surface area contributed by atoms with E-state index in [4.69, 9.17) is 23.1 Å². The van der Waals surface area contributed by atoms with Gasteiger partial charge < -0.3 is 27.2 Å². The Bertz CT molecular complexity index is 869. The molecule has 3 rings (SSSR count). The number of hydrogen-bond acceptors (Lipinski definition) is 8. The highest BCUT2D eigenvalue weighted by molar-refractivity contribution is 6.31. The summed E-state index contributed by atoms with van der Waals surface area (Å²) >= 11 is 5.81. The Kier molecular flexibility index (Phi) is 5.66. The lowest BCUT2D eigenvalue weighted by atomic mass is 10.1. The number of phenolic OH excluding ortho intramolecular Hbond substituents is 1. The molecule has 2 aromatic rings. The summed E-state index contributed by atoms with van der Waals surface area (Å²) in [6.07, 6.45) is 4.24. The molecule has 1 atom stereocenters. The minimum Gasteiger partial charge on any atom is -0.508 e. The molecule has 0 amide bonds. The highest BCUT2D eigenvalue weighted by Gasteiger charge is 2.20. The van der Waals surface area contributed by atoms with Gasteiger partial charge in [-0.05, 0) is 37.0 Å². The number of carbonyl (C=O) groups is 1. The lowest BCUT2D eigenvalue weighted by Gasteiger charge is -2.09. The first kappa shape index (κ1) is 18.8. The number of carbonyl (C=O) groups excluding carboxylic acids is 1. The summed E-state index contributed by atoms with van der Waals surface area (Å²) < 4.78 is 0. The van der Waals surface area contributed by atoms with Gasteiger partial charge in [0.1, 0.15) is 11.6 Å². The third-order valence-electron chi connectivity index (χ3n) is 4.27. The topological polar surface area (TPSA) is 139 Å². The van der Waals surface area contributed by atoms with Crippen LogP contribution in [0.2, 0.25) is 5.15 Å². The second kappa shape index (κ2) is 8.13. The lowest BCUT2D eigenvalue weighted by Crippen LogP contribution is -2.23. The van der Waals surface area contributed by atoms with E-state index >= 15 is 0 Å². The second-order valence-corrected chi connectivity index (χ2v) is 6.69. The Morgan fingerprint density at radius 1 is 1.26 bits per heavy atom. The van der Waals surface area contributed by atoms with E-state index in [0.717, 1.165) is 25.8 Å². The van der Waals surface area contributed by atoms with Gasteiger partial charge >= 0.3 is 0 Å². The molecule has 0 unspecified atom stereocenters. The molecule has 0 saturated carbocycles. The van der Waals surface area contributed by atoms with Crippen LogP contribution in [0.15, 0.2) is 36.2 Å². The SMILES string of the molecule is Nc1nc(N)c(C(=O)/C=C2\NC[C@H](CCCc3ccc(O)cc3)N2)nc1Cl. The van der Waals surface area contributed by atoms with Crippen LogP contribution in [-0.2, 0) is 6.42 Å². The van der Waals surface area contributed by atoms with Crippen LogP contribution >= 0.6 is 11.6 Å². The average Bonchev–Trinajstić information content (AvgIpc) is 3.07. The molecule has 7 N–H and O–H groups in total. The number of halogens is 1. The molecule has 1 fully saturated rings. The van der Waals surface area contributed by atoms with Gasteiger partial charge in [0.05, 0.1) is 0 Å². The third kappa shape index (κ3) is 4.79. The quantitative estimate of drug-likeness (QED) is 0.371. The largest absolute Gasteiger partial charge is 0.508 e. The predicted molar refractivity (Wildman–Crippen MR) is 104 cm³/mol. The summed E-state index contributed by atoms with van der Waals surface area (Å²) in [5.74, 6) is 0.421. The van der Waals surface area contributed by atoms with Crippen molar-refractivity contribution in [2.45, 2.75) is 25.3 Å². The van der Waals surface area contributed by atoms with Gasteiger partial charge in [0.15, 0.2) is 22.5 Å². The number of ketones is 1. The zero-order valence-corrected chi connectivity index (χ0v) is 15.3. The molecular weight excluding hydrogens is 368 g/mol. The van der Waals surface area contributed by atoms with Gasteiger partial charge in [0, 0.05) is 18.7 Å². The normalized spacial score (nSPS) is 17.5. The summed E-state index contributed by atoms with van der Waals surface area (Å²) in [5, 5.41) is 15.7. The first-order valence-corrected chi connectivity index (χ1v) is 8.93. The molecule has 1 aromatic carbocycles. The van der Waals surface area contributed by atoms with E-state index in [1.54, 1.807) is 12.1 Å². The van der Waals surface area contributed by atoms with Crippen molar-refractivity contribution >= 4 is 29.0 Å².